The Hall–Kier alpha value is -2.47. The van der Waals surface area contributed by atoms with E-state index in [0.29, 0.717) is 55.8 Å². The first-order valence-corrected chi connectivity index (χ1v) is 15.2. The molecule has 0 saturated heterocycles. The van der Waals surface area contributed by atoms with E-state index >= 15 is 0 Å². The van der Waals surface area contributed by atoms with Gasteiger partial charge < -0.3 is 15.4 Å². The van der Waals surface area contributed by atoms with Gasteiger partial charge in [-0.1, -0.05) is 11.6 Å². The number of carbonyl (C=O) groups excluding carboxylic acids is 1. The zero-order valence-corrected chi connectivity index (χ0v) is 23.3. The number of aryl methyl sites for hydroxylation is 1. The summed E-state index contributed by atoms with van der Waals surface area (Å²) in [6.45, 7) is 2.67. The Bertz CT molecular complexity index is 1280. The van der Waals surface area contributed by atoms with Gasteiger partial charge in [-0.05, 0) is 51.4 Å². The standard InChI is InChI=1S/C25H34ClF2N5O4S/c1-4-33-23(17-14-29-20(12-18(17)37-2)31-19-6-5-11-25(19,27)28)21(26)22(32-33)24(34)30-13-15-7-9-16(10-8-15)38(3,35)36/h12,14-16,19H,4-11,13H2,1-3H3,(H,29,31)(H,30,34)/t15-,16-,19-/m0/s1. The first kappa shape index (κ1) is 28.5. The van der Waals surface area contributed by atoms with Crippen LogP contribution in [0.3, 0.4) is 0 Å². The average Bonchev–Trinajstić information content (AvgIpc) is 3.39. The van der Waals surface area contributed by atoms with Crippen molar-refractivity contribution in [2.75, 3.05) is 25.2 Å². The van der Waals surface area contributed by atoms with Crippen molar-refractivity contribution >= 4 is 33.2 Å². The molecular formula is C25H34ClF2N5O4S. The van der Waals surface area contributed by atoms with E-state index in [9.17, 15) is 22.0 Å². The number of alkyl halides is 2. The lowest BCUT2D eigenvalue weighted by Gasteiger charge is -2.27. The summed E-state index contributed by atoms with van der Waals surface area (Å²) in [5.74, 6) is -2.43. The Morgan fingerprint density at radius 1 is 1.26 bits per heavy atom. The summed E-state index contributed by atoms with van der Waals surface area (Å²) in [6.07, 6.45) is 6.00. The lowest BCUT2D eigenvalue weighted by molar-refractivity contribution is -0.000700. The second-order valence-electron chi connectivity index (χ2n) is 10.1. The molecule has 9 nitrogen and oxygen atoms in total. The minimum Gasteiger partial charge on any atom is -0.496 e. The van der Waals surface area contributed by atoms with Crippen LogP contribution in [0.4, 0.5) is 14.6 Å². The maximum absolute atomic E-state index is 14.1. The Labute approximate surface area is 226 Å². The van der Waals surface area contributed by atoms with Gasteiger partial charge in [0.15, 0.2) is 5.69 Å². The zero-order chi connectivity index (χ0) is 27.7. The Balaban J connectivity index is 1.49. The fraction of sp³-hybridized carbons (Fsp3) is 0.640. The first-order valence-electron chi connectivity index (χ1n) is 12.9. The zero-order valence-electron chi connectivity index (χ0n) is 21.8. The number of ether oxygens (including phenoxy) is 1. The summed E-state index contributed by atoms with van der Waals surface area (Å²) in [7, 11) is -1.59. The van der Waals surface area contributed by atoms with Gasteiger partial charge in [0.05, 0.1) is 34.7 Å². The fourth-order valence-corrected chi connectivity index (χ4v) is 6.75. The molecule has 1 amide bonds. The molecule has 4 rings (SSSR count). The van der Waals surface area contributed by atoms with E-state index in [4.69, 9.17) is 16.3 Å². The molecule has 2 fully saturated rings. The van der Waals surface area contributed by atoms with Crippen molar-refractivity contribution in [3.05, 3.63) is 23.0 Å². The van der Waals surface area contributed by atoms with Crippen molar-refractivity contribution in [3.8, 4) is 17.0 Å². The fourth-order valence-electron chi connectivity index (χ4n) is 5.30. The summed E-state index contributed by atoms with van der Waals surface area (Å²) in [6, 6.07) is 0.548. The van der Waals surface area contributed by atoms with Crippen LogP contribution in [0.5, 0.6) is 5.75 Å². The van der Waals surface area contributed by atoms with Crippen LogP contribution < -0.4 is 15.4 Å². The van der Waals surface area contributed by atoms with Crippen LogP contribution in [0, 0.1) is 5.92 Å². The van der Waals surface area contributed by atoms with Crippen molar-refractivity contribution in [1.29, 1.82) is 0 Å². The molecule has 210 valence electrons. The van der Waals surface area contributed by atoms with E-state index in [1.165, 1.54) is 19.6 Å². The van der Waals surface area contributed by atoms with Gasteiger partial charge in [0, 0.05) is 38.0 Å². The van der Waals surface area contributed by atoms with Gasteiger partial charge >= 0.3 is 0 Å². The molecule has 2 N–H and O–H groups in total. The maximum atomic E-state index is 14.1. The molecule has 13 heteroatoms. The number of pyridine rings is 1. The lowest BCUT2D eigenvalue weighted by Crippen LogP contribution is -2.34. The smallest absolute Gasteiger partial charge is 0.273 e. The number of halogens is 3. The molecule has 2 aromatic rings. The predicted molar refractivity (Wildman–Crippen MR) is 142 cm³/mol. The monoisotopic (exact) mass is 573 g/mol. The summed E-state index contributed by atoms with van der Waals surface area (Å²) in [5.41, 5.74) is 0.979. The van der Waals surface area contributed by atoms with E-state index in [1.807, 2.05) is 6.92 Å². The van der Waals surface area contributed by atoms with Gasteiger partial charge in [-0.15, -0.1) is 0 Å². The SMILES string of the molecule is CCn1nc(C(=O)NC[C@H]2CC[C@H](S(C)(=O)=O)CC2)c(Cl)c1-c1cnc(N[C@H]2CCCC2(F)F)cc1OC. The number of nitrogens with zero attached hydrogens (tertiary/aromatic N) is 3. The molecule has 2 aromatic heterocycles. The van der Waals surface area contributed by atoms with Crippen molar-refractivity contribution in [2.45, 2.75) is 75.6 Å². The number of rotatable bonds is 9. The van der Waals surface area contributed by atoms with Crippen LogP contribution in [-0.2, 0) is 16.4 Å². The van der Waals surface area contributed by atoms with Crippen molar-refractivity contribution < 1.29 is 26.7 Å². The third-order valence-electron chi connectivity index (χ3n) is 7.54. The molecule has 0 spiro atoms. The van der Waals surface area contributed by atoms with Crippen LogP contribution in [-0.4, -0.2) is 66.2 Å². The van der Waals surface area contributed by atoms with Crippen LogP contribution >= 0.6 is 11.6 Å². The predicted octanol–water partition coefficient (Wildman–Crippen LogP) is 4.56. The maximum Gasteiger partial charge on any atom is 0.273 e. The van der Waals surface area contributed by atoms with Gasteiger partial charge in [-0.25, -0.2) is 22.2 Å². The minimum absolute atomic E-state index is 0.0585. The number of methoxy groups -OCH3 is 1. The van der Waals surface area contributed by atoms with Crippen molar-refractivity contribution in [1.82, 2.24) is 20.1 Å². The molecule has 2 saturated carbocycles. The summed E-state index contributed by atoms with van der Waals surface area (Å²) in [5, 5.41) is 9.93. The number of aromatic nitrogens is 3. The highest BCUT2D eigenvalue weighted by molar-refractivity contribution is 7.91. The van der Waals surface area contributed by atoms with E-state index in [1.54, 1.807) is 10.7 Å². The van der Waals surface area contributed by atoms with Crippen molar-refractivity contribution in [3.63, 3.8) is 0 Å². The van der Waals surface area contributed by atoms with E-state index < -0.39 is 27.7 Å². The molecule has 0 aliphatic heterocycles. The van der Waals surface area contributed by atoms with Gasteiger partial charge in [-0.3, -0.25) is 9.48 Å². The summed E-state index contributed by atoms with van der Waals surface area (Å²) >= 11 is 6.66. The van der Waals surface area contributed by atoms with E-state index in [2.05, 4.69) is 20.7 Å². The van der Waals surface area contributed by atoms with Gasteiger partial charge in [0.25, 0.3) is 11.8 Å². The van der Waals surface area contributed by atoms with Crippen LogP contribution in [0.2, 0.25) is 5.02 Å². The summed E-state index contributed by atoms with van der Waals surface area (Å²) < 4.78 is 58.8. The highest BCUT2D eigenvalue weighted by Gasteiger charge is 2.44. The highest BCUT2D eigenvalue weighted by Crippen LogP contribution is 2.40. The Morgan fingerprint density at radius 3 is 2.55 bits per heavy atom. The number of carbonyl (C=O) groups is 1. The molecule has 2 aliphatic rings. The molecule has 0 radical (unpaired) electrons. The van der Waals surface area contributed by atoms with Crippen LogP contribution in [0.1, 0.15) is 62.4 Å². The normalized spacial score (nSPS) is 23.3. The number of hydrogen-bond acceptors (Lipinski definition) is 7. The van der Waals surface area contributed by atoms with E-state index in [-0.39, 0.29) is 34.1 Å². The highest BCUT2D eigenvalue weighted by atomic mass is 35.5. The third kappa shape index (κ3) is 6.06. The quantitative estimate of drug-likeness (QED) is 0.452. The van der Waals surface area contributed by atoms with E-state index in [0.717, 1.165) is 12.8 Å². The van der Waals surface area contributed by atoms with Gasteiger partial charge in [-0.2, -0.15) is 5.10 Å². The summed E-state index contributed by atoms with van der Waals surface area (Å²) in [4.78, 5) is 17.3. The minimum atomic E-state index is -3.05. The molecule has 1 atom stereocenters. The molecule has 0 aromatic carbocycles. The number of amides is 1. The molecule has 0 bridgehead atoms. The number of anilines is 1. The second-order valence-corrected chi connectivity index (χ2v) is 12.8. The largest absolute Gasteiger partial charge is 0.496 e. The third-order valence-corrected chi connectivity index (χ3v) is 9.58. The molecule has 0 unspecified atom stereocenters. The van der Waals surface area contributed by atoms with Crippen LogP contribution in [0.25, 0.3) is 11.3 Å². The molecule has 38 heavy (non-hydrogen) atoms. The topological polar surface area (TPSA) is 115 Å². The number of hydrogen-bond donors (Lipinski definition) is 2. The van der Waals surface area contributed by atoms with Gasteiger partial charge in [0.1, 0.15) is 21.4 Å². The first-order chi connectivity index (χ1) is 17.9. The van der Waals surface area contributed by atoms with Crippen molar-refractivity contribution in [2.24, 2.45) is 5.92 Å². The number of sulfone groups is 1. The number of nitrogens with one attached hydrogen (secondary N) is 2. The average molecular weight is 574 g/mol. The lowest BCUT2D eigenvalue weighted by atomic mass is 9.89. The Morgan fingerprint density at radius 2 is 1.97 bits per heavy atom. The van der Waals surface area contributed by atoms with Crippen LogP contribution in [0.15, 0.2) is 12.3 Å². The molecule has 2 heterocycles. The second kappa shape index (κ2) is 11.3. The molecular weight excluding hydrogens is 540 g/mol. The molecule has 2 aliphatic carbocycles. The Kier molecular flexibility index (Phi) is 8.51. The van der Waals surface area contributed by atoms with Gasteiger partial charge in [0.2, 0.25) is 0 Å².